The number of benzene rings is 1. The molecule has 6 heteroatoms. The molecule has 2 rings (SSSR count). The number of hydrogen-bond donors (Lipinski definition) is 1. The van der Waals surface area contributed by atoms with Gasteiger partial charge < -0.3 is 10.6 Å². The molecule has 0 radical (unpaired) electrons. The minimum atomic E-state index is -0.351. The smallest absolute Gasteiger partial charge is 0.292 e. The summed E-state index contributed by atoms with van der Waals surface area (Å²) in [7, 11) is 0. The third-order valence-corrected chi connectivity index (χ3v) is 3.64. The number of nitro groups is 1. The van der Waals surface area contributed by atoms with Crippen molar-refractivity contribution in [2.75, 3.05) is 18.0 Å². The summed E-state index contributed by atoms with van der Waals surface area (Å²) in [6.45, 7) is 3.49. The largest absolute Gasteiger partial charge is 0.364 e. The highest BCUT2D eigenvalue weighted by atomic mass is 79.9. The highest BCUT2D eigenvalue weighted by Gasteiger charge is 2.30. The van der Waals surface area contributed by atoms with E-state index in [0.717, 1.165) is 11.0 Å². The van der Waals surface area contributed by atoms with Crippen LogP contribution in [0.2, 0.25) is 0 Å². The third kappa shape index (κ3) is 2.42. The third-order valence-electron chi connectivity index (χ3n) is 3.15. The lowest BCUT2D eigenvalue weighted by atomic mass is 10.1. The van der Waals surface area contributed by atoms with Crippen molar-refractivity contribution in [3.8, 4) is 0 Å². The Morgan fingerprint density at radius 1 is 1.53 bits per heavy atom. The lowest BCUT2D eigenvalue weighted by molar-refractivity contribution is -0.384. The van der Waals surface area contributed by atoms with Gasteiger partial charge in [-0.25, -0.2) is 0 Å². The van der Waals surface area contributed by atoms with Gasteiger partial charge in [0.25, 0.3) is 5.69 Å². The van der Waals surface area contributed by atoms with E-state index in [1.807, 2.05) is 4.90 Å². The molecule has 1 saturated heterocycles. The molecular weight excluding hydrogens is 286 g/mol. The van der Waals surface area contributed by atoms with E-state index >= 15 is 0 Å². The molecule has 1 heterocycles. The first-order valence-electron chi connectivity index (χ1n) is 5.43. The van der Waals surface area contributed by atoms with E-state index < -0.39 is 0 Å². The van der Waals surface area contributed by atoms with E-state index in [9.17, 15) is 10.1 Å². The van der Waals surface area contributed by atoms with E-state index in [1.54, 1.807) is 12.1 Å². The lowest BCUT2D eigenvalue weighted by Gasteiger charge is -2.18. The van der Waals surface area contributed by atoms with Gasteiger partial charge in [-0.3, -0.25) is 10.1 Å². The zero-order valence-electron chi connectivity index (χ0n) is 9.47. The Morgan fingerprint density at radius 2 is 2.24 bits per heavy atom. The topological polar surface area (TPSA) is 72.4 Å². The van der Waals surface area contributed by atoms with Crippen LogP contribution in [0.1, 0.15) is 6.92 Å². The molecule has 5 nitrogen and oxygen atoms in total. The standard InChI is InChI=1S/C11H14BrN3O2/c1-7-5-14(6-9(7)13)11-4-8(12)2-3-10(11)15(16)17/h2-4,7,9H,5-6,13H2,1H3. The van der Waals surface area contributed by atoms with Crippen molar-refractivity contribution in [3.63, 3.8) is 0 Å². The highest BCUT2D eigenvalue weighted by molar-refractivity contribution is 9.10. The fourth-order valence-corrected chi connectivity index (χ4v) is 2.44. The van der Waals surface area contributed by atoms with Crippen LogP contribution in [0.5, 0.6) is 0 Å². The van der Waals surface area contributed by atoms with Crippen molar-refractivity contribution in [2.45, 2.75) is 13.0 Å². The first-order chi connectivity index (χ1) is 7.99. The number of hydrogen-bond acceptors (Lipinski definition) is 4. The molecule has 0 amide bonds. The molecule has 17 heavy (non-hydrogen) atoms. The zero-order chi connectivity index (χ0) is 12.6. The Labute approximate surface area is 108 Å². The SMILES string of the molecule is CC1CN(c2cc(Br)ccc2[N+](=O)[O-])CC1N. The summed E-state index contributed by atoms with van der Waals surface area (Å²) in [6.07, 6.45) is 0. The second-order valence-electron chi connectivity index (χ2n) is 4.44. The van der Waals surface area contributed by atoms with Crippen molar-refractivity contribution in [3.05, 3.63) is 32.8 Å². The minimum Gasteiger partial charge on any atom is -0.364 e. The predicted octanol–water partition coefficient (Wildman–Crippen LogP) is 2.14. The average Bonchev–Trinajstić information content (AvgIpc) is 2.58. The minimum absolute atomic E-state index is 0.0774. The molecule has 0 saturated carbocycles. The van der Waals surface area contributed by atoms with Gasteiger partial charge in [-0.05, 0) is 18.1 Å². The van der Waals surface area contributed by atoms with E-state index in [-0.39, 0.29) is 16.7 Å². The monoisotopic (exact) mass is 299 g/mol. The van der Waals surface area contributed by atoms with E-state index in [2.05, 4.69) is 22.9 Å². The molecule has 1 aliphatic heterocycles. The van der Waals surface area contributed by atoms with E-state index in [4.69, 9.17) is 5.73 Å². The molecule has 1 aromatic rings. The van der Waals surface area contributed by atoms with Crippen LogP contribution in [0.4, 0.5) is 11.4 Å². The maximum atomic E-state index is 11.0. The number of nitro benzene ring substituents is 1. The predicted molar refractivity (Wildman–Crippen MR) is 70.1 cm³/mol. The van der Waals surface area contributed by atoms with Crippen LogP contribution in [0, 0.1) is 16.0 Å². The second-order valence-corrected chi connectivity index (χ2v) is 5.35. The number of halogens is 1. The first kappa shape index (κ1) is 12.3. The average molecular weight is 300 g/mol. The van der Waals surface area contributed by atoms with Crippen LogP contribution in [0.3, 0.4) is 0 Å². The van der Waals surface area contributed by atoms with E-state index in [0.29, 0.717) is 18.2 Å². The first-order valence-corrected chi connectivity index (χ1v) is 6.23. The number of anilines is 1. The molecule has 2 atom stereocenters. The zero-order valence-corrected chi connectivity index (χ0v) is 11.1. The van der Waals surface area contributed by atoms with Gasteiger partial charge in [-0.15, -0.1) is 0 Å². The molecule has 1 aromatic carbocycles. The Kier molecular flexibility index (Phi) is 3.35. The lowest BCUT2D eigenvalue weighted by Crippen LogP contribution is -2.28. The Balaban J connectivity index is 2.37. The molecule has 0 bridgehead atoms. The molecule has 2 unspecified atom stereocenters. The van der Waals surface area contributed by atoms with Crippen molar-refractivity contribution < 1.29 is 4.92 Å². The van der Waals surface area contributed by atoms with Gasteiger partial charge in [-0.2, -0.15) is 0 Å². The van der Waals surface area contributed by atoms with Crippen molar-refractivity contribution in [1.82, 2.24) is 0 Å². The van der Waals surface area contributed by atoms with Crippen LogP contribution >= 0.6 is 15.9 Å². The summed E-state index contributed by atoms with van der Waals surface area (Å²) in [5.41, 5.74) is 6.72. The molecule has 92 valence electrons. The van der Waals surface area contributed by atoms with Crippen LogP contribution in [-0.2, 0) is 0 Å². The molecule has 0 aromatic heterocycles. The van der Waals surface area contributed by atoms with Crippen molar-refractivity contribution in [1.29, 1.82) is 0 Å². The van der Waals surface area contributed by atoms with Gasteiger partial charge in [0.15, 0.2) is 0 Å². The van der Waals surface area contributed by atoms with Crippen LogP contribution in [0.15, 0.2) is 22.7 Å². The van der Waals surface area contributed by atoms with Gasteiger partial charge in [0.1, 0.15) is 5.69 Å². The Morgan fingerprint density at radius 3 is 2.76 bits per heavy atom. The number of nitrogens with zero attached hydrogens (tertiary/aromatic N) is 2. The van der Waals surface area contributed by atoms with Gasteiger partial charge >= 0.3 is 0 Å². The molecule has 1 fully saturated rings. The van der Waals surface area contributed by atoms with Gasteiger partial charge in [0.05, 0.1) is 4.92 Å². The fourth-order valence-electron chi connectivity index (χ4n) is 2.09. The van der Waals surface area contributed by atoms with Gasteiger partial charge in [-0.1, -0.05) is 22.9 Å². The maximum absolute atomic E-state index is 11.0. The summed E-state index contributed by atoms with van der Waals surface area (Å²) in [5.74, 6) is 0.355. The summed E-state index contributed by atoms with van der Waals surface area (Å²) in [4.78, 5) is 12.6. The van der Waals surface area contributed by atoms with Gasteiger partial charge in [0, 0.05) is 29.7 Å². The molecule has 0 aliphatic carbocycles. The second kappa shape index (κ2) is 4.62. The van der Waals surface area contributed by atoms with E-state index in [1.165, 1.54) is 6.07 Å². The summed E-state index contributed by atoms with van der Waals surface area (Å²) in [6, 6.07) is 5.06. The van der Waals surface area contributed by atoms with Crippen molar-refractivity contribution >= 4 is 27.3 Å². The number of rotatable bonds is 2. The summed E-state index contributed by atoms with van der Waals surface area (Å²) in [5, 5.41) is 11.0. The molecular formula is C11H14BrN3O2. The van der Waals surface area contributed by atoms with Gasteiger partial charge in [0.2, 0.25) is 0 Å². The van der Waals surface area contributed by atoms with Crippen LogP contribution < -0.4 is 10.6 Å². The maximum Gasteiger partial charge on any atom is 0.292 e. The molecule has 1 aliphatic rings. The van der Waals surface area contributed by atoms with Crippen molar-refractivity contribution in [2.24, 2.45) is 11.7 Å². The van der Waals surface area contributed by atoms with Crippen LogP contribution in [-0.4, -0.2) is 24.1 Å². The Bertz CT molecular complexity index is 442. The van der Waals surface area contributed by atoms with Crippen LogP contribution in [0.25, 0.3) is 0 Å². The molecule has 2 N–H and O–H groups in total. The Hall–Kier alpha value is -1.14. The normalized spacial score (nSPS) is 24.1. The fraction of sp³-hybridized carbons (Fsp3) is 0.455. The molecule has 0 spiro atoms. The summed E-state index contributed by atoms with van der Waals surface area (Å²) < 4.78 is 0.839. The quantitative estimate of drug-likeness (QED) is 0.671. The highest BCUT2D eigenvalue weighted by Crippen LogP contribution is 2.34. The number of nitrogens with two attached hydrogens (primary N) is 1. The summed E-state index contributed by atoms with van der Waals surface area (Å²) >= 11 is 3.34.